The zero-order valence-electron chi connectivity index (χ0n) is 14.2. The van der Waals surface area contributed by atoms with Crippen LogP contribution in [0.1, 0.15) is 17.2 Å². The molecule has 1 aliphatic heterocycles. The van der Waals surface area contributed by atoms with E-state index in [2.05, 4.69) is 21.2 Å². The van der Waals surface area contributed by atoms with Crippen molar-refractivity contribution in [3.63, 3.8) is 0 Å². The Morgan fingerprint density at radius 2 is 1.81 bits per heavy atom. The van der Waals surface area contributed by atoms with E-state index in [4.69, 9.17) is 14.2 Å². The van der Waals surface area contributed by atoms with Gasteiger partial charge in [-0.15, -0.1) is 0 Å². The van der Waals surface area contributed by atoms with Gasteiger partial charge in [-0.25, -0.2) is 4.79 Å². The highest BCUT2D eigenvalue weighted by Crippen LogP contribution is 2.31. The molecule has 7 heteroatoms. The van der Waals surface area contributed by atoms with E-state index in [9.17, 15) is 9.59 Å². The zero-order chi connectivity index (χ0) is 18.5. The Kier molecular flexibility index (Phi) is 5.78. The summed E-state index contributed by atoms with van der Waals surface area (Å²) in [6, 6.07) is 11.6. The second-order valence-electron chi connectivity index (χ2n) is 5.73. The van der Waals surface area contributed by atoms with Gasteiger partial charge in [0.05, 0.1) is 13.5 Å². The largest absolute Gasteiger partial charge is 0.486 e. The minimum absolute atomic E-state index is 0.112. The van der Waals surface area contributed by atoms with Gasteiger partial charge in [0.25, 0.3) is 0 Å². The molecule has 26 heavy (non-hydrogen) atoms. The predicted molar refractivity (Wildman–Crippen MR) is 98.2 cm³/mol. The second-order valence-corrected chi connectivity index (χ2v) is 6.65. The molecule has 0 radical (unpaired) electrons. The van der Waals surface area contributed by atoms with Crippen molar-refractivity contribution >= 4 is 27.8 Å². The number of methoxy groups -OCH3 is 1. The van der Waals surface area contributed by atoms with E-state index in [1.54, 1.807) is 42.5 Å². The SMILES string of the molecule is COC(=O)C(NC(=O)Cc1ccc2c(c1)OCCO2)c1ccc(Br)cc1. The van der Waals surface area contributed by atoms with Gasteiger partial charge in [0.2, 0.25) is 5.91 Å². The lowest BCUT2D eigenvalue weighted by Crippen LogP contribution is -2.35. The standard InChI is InChI=1S/C19H18BrNO5/c1-24-19(23)18(13-3-5-14(20)6-4-13)21-17(22)11-12-2-7-15-16(10-12)26-9-8-25-15/h2-7,10,18H,8-9,11H2,1H3,(H,21,22). The Morgan fingerprint density at radius 1 is 1.12 bits per heavy atom. The van der Waals surface area contributed by atoms with Gasteiger partial charge in [-0.1, -0.05) is 34.1 Å². The summed E-state index contributed by atoms with van der Waals surface area (Å²) in [5.41, 5.74) is 1.42. The fourth-order valence-corrected chi connectivity index (χ4v) is 2.91. The van der Waals surface area contributed by atoms with Crippen LogP contribution in [0.5, 0.6) is 11.5 Å². The summed E-state index contributed by atoms with van der Waals surface area (Å²) in [6.45, 7) is 0.997. The average molecular weight is 420 g/mol. The molecule has 1 aliphatic rings. The van der Waals surface area contributed by atoms with Crippen LogP contribution in [-0.4, -0.2) is 32.2 Å². The van der Waals surface area contributed by atoms with Crippen molar-refractivity contribution in [2.24, 2.45) is 0 Å². The van der Waals surface area contributed by atoms with Gasteiger partial charge in [-0.2, -0.15) is 0 Å². The van der Waals surface area contributed by atoms with E-state index in [1.807, 2.05) is 0 Å². The quantitative estimate of drug-likeness (QED) is 0.754. The highest BCUT2D eigenvalue weighted by Gasteiger charge is 2.24. The van der Waals surface area contributed by atoms with Crippen LogP contribution in [0.25, 0.3) is 0 Å². The average Bonchev–Trinajstić information content (AvgIpc) is 2.66. The number of nitrogens with one attached hydrogen (secondary N) is 1. The first kappa shape index (κ1) is 18.3. The fraction of sp³-hybridized carbons (Fsp3) is 0.263. The number of carbonyl (C=O) groups is 2. The number of rotatable bonds is 5. The van der Waals surface area contributed by atoms with Crippen molar-refractivity contribution in [1.82, 2.24) is 5.32 Å². The van der Waals surface area contributed by atoms with Gasteiger partial charge < -0.3 is 19.5 Å². The van der Waals surface area contributed by atoms with Crippen LogP contribution in [-0.2, 0) is 20.7 Å². The maximum atomic E-state index is 12.5. The van der Waals surface area contributed by atoms with Crippen molar-refractivity contribution < 1.29 is 23.8 Å². The molecule has 0 saturated carbocycles. The molecule has 0 aliphatic carbocycles. The topological polar surface area (TPSA) is 73.9 Å². The van der Waals surface area contributed by atoms with E-state index in [-0.39, 0.29) is 12.3 Å². The van der Waals surface area contributed by atoms with Crippen molar-refractivity contribution in [2.45, 2.75) is 12.5 Å². The summed E-state index contributed by atoms with van der Waals surface area (Å²) in [5, 5.41) is 2.73. The lowest BCUT2D eigenvalue weighted by Gasteiger charge is -2.19. The first-order valence-corrected chi connectivity index (χ1v) is 8.87. The van der Waals surface area contributed by atoms with E-state index in [0.29, 0.717) is 30.3 Å². The van der Waals surface area contributed by atoms with Crippen LogP contribution in [0.15, 0.2) is 46.9 Å². The van der Waals surface area contributed by atoms with Crippen molar-refractivity contribution in [3.8, 4) is 11.5 Å². The van der Waals surface area contributed by atoms with Crippen LogP contribution in [0.3, 0.4) is 0 Å². The van der Waals surface area contributed by atoms with Crippen LogP contribution < -0.4 is 14.8 Å². The third kappa shape index (κ3) is 4.35. The molecule has 6 nitrogen and oxygen atoms in total. The molecule has 1 atom stereocenters. The molecule has 2 aromatic carbocycles. The molecule has 1 unspecified atom stereocenters. The summed E-state index contributed by atoms with van der Waals surface area (Å²) < 4.78 is 16.7. The highest BCUT2D eigenvalue weighted by atomic mass is 79.9. The van der Waals surface area contributed by atoms with Crippen LogP contribution in [0.4, 0.5) is 0 Å². The molecule has 1 heterocycles. The van der Waals surface area contributed by atoms with E-state index >= 15 is 0 Å². The number of amides is 1. The number of esters is 1. The summed E-state index contributed by atoms with van der Waals surface area (Å²) >= 11 is 3.35. The van der Waals surface area contributed by atoms with Crippen molar-refractivity contribution in [3.05, 3.63) is 58.1 Å². The molecule has 0 bridgehead atoms. The lowest BCUT2D eigenvalue weighted by atomic mass is 10.1. The highest BCUT2D eigenvalue weighted by molar-refractivity contribution is 9.10. The smallest absolute Gasteiger partial charge is 0.333 e. The summed E-state index contributed by atoms with van der Waals surface area (Å²) in [6.07, 6.45) is 0.112. The molecule has 0 fully saturated rings. The Labute approximate surface area is 159 Å². The molecule has 2 aromatic rings. The molecule has 136 valence electrons. The number of hydrogen-bond donors (Lipinski definition) is 1. The maximum Gasteiger partial charge on any atom is 0.333 e. The Bertz CT molecular complexity index is 806. The summed E-state index contributed by atoms with van der Waals surface area (Å²) in [4.78, 5) is 24.5. The molecule has 0 spiro atoms. The minimum Gasteiger partial charge on any atom is -0.486 e. The molecule has 0 saturated heterocycles. The van der Waals surface area contributed by atoms with Gasteiger partial charge >= 0.3 is 5.97 Å². The number of benzene rings is 2. The number of carbonyl (C=O) groups excluding carboxylic acids is 2. The van der Waals surface area contributed by atoms with Crippen molar-refractivity contribution in [1.29, 1.82) is 0 Å². The summed E-state index contributed by atoms with van der Waals surface area (Å²) in [7, 11) is 1.29. The molecule has 1 N–H and O–H groups in total. The first-order chi connectivity index (χ1) is 12.6. The lowest BCUT2D eigenvalue weighted by molar-refractivity contribution is -0.145. The third-order valence-electron chi connectivity index (χ3n) is 3.92. The zero-order valence-corrected chi connectivity index (χ0v) is 15.7. The Hall–Kier alpha value is -2.54. The van der Waals surface area contributed by atoms with Gasteiger partial charge in [-0.3, -0.25) is 4.79 Å². The number of fused-ring (bicyclic) bond motifs is 1. The third-order valence-corrected chi connectivity index (χ3v) is 4.45. The Morgan fingerprint density at radius 3 is 2.50 bits per heavy atom. The maximum absolute atomic E-state index is 12.5. The van der Waals surface area contributed by atoms with Gasteiger partial charge in [0.15, 0.2) is 17.5 Å². The van der Waals surface area contributed by atoms with Gasteiger partial charge in [0.1, 0.15) is 13.2 Å². The van der Waals surface area contributed by atoms with Crippen molar-refractivity contribution in [2.75, 3.05) is 20.3 Å². The second kappa shape index (κ2) is 8.23. The van der Waals surface area contributed by atoms with Gasteiger partial charge in [0, 0.05) is 4.47 Å². The van der Waals surface area contributed by atoms with E-state index in [1.165, 1.54) is 7.11 Å². The fourth-order valence-electron chi connectivity index (χ4n) is 2.65. The number of ether oxygens (including phenoxy) is 3. The minimum atomic E-state index is -0.863. The van der Waals surface area contributed by atoms with E-state index < -0.39 is 12.0 Å². The van der Waals surface area contributed by atoms with Crippen LogP contribution in [0, 0.1) is 0 Å². The van der Waals surface area contributed by atoms with E-state index in [0.717, 1.165) is 10.0 Å². The van der Waals surface area contributed by atoms with Gasteiger partial charge in [-0.05, 0) is 35.4 Å². The predicted octanol–water partition coefficient (Wildman–Crippen LogP) is 2.79. The molecular weight excluding hydrogens is 402 g/mol. The molecule has 1 amide bonds. The number of hydrogen-bond acceptors (Lipinski definition) is 5. The first-order valence-electron chi connectivity index (χ1n) is 8.08. The number of halogens is 1. The molecule has 3 rings (SSSR count). The monoisotopic (exact) mass is 419 g/mol. The van der Waals surface area contributed by atoms with Crippen LogP contribution >= 0.6 is 15.9 Å². The molecule has 0 aromatic heterocycles. The Balaban J connectivity index is 1.71. The molecular formula is C19H18BrNO5. The normalized spacial score (nSPS) is 13.6. The summed E-state index contributed by atoms with van der Waals surface area (Å²) in [5.74, 6) is 0.476. The van der Waals surface area contributed by atoms with Crippen LogP contribution in [0.2, 0.25) is 0 Å².